The van der Waals surface area contributed by atoms with Crippen LogP contribution in [0, 0.1) is 6.92 Å². The van der Waals surface area contributed by atoms with Gasteiger partial charge < -0.3 is 4.52 Å². The van der Waals surface area contributed by atoms with Gasteiger partial charge in [-0.05, 0) is 24.6 Å². The molecule has 0 bridgehead atoms. The van der Waals surface area contributed by atoms with Gasteiger partial charge in [0, 0.05) is 42.8 Å². The first-order valence-electron chi connectivity index (χ1n) is 9.24. The van der Waals surface area contributed by atoms with Gasteiger partial charge >= 0.3 is 0 Å². The van der Waals surface area contributed by atoms with Crippen molar-refractivity contribution in [2.75, 3.05) is 26.2 Å². The van der Waals surface area contributed by atoms with Crippen LogP contribution in [0.15, 0.2) is 57.5 Å². The van der Waals surface area contributed by atoms with E-state index in [4.69, 9.17) is 4.52 Å². The molecule has 140 valence electrons. The van der Waals surface area contributed by atoms with Gasteiger partial charge in [-0.15, -0.1) is 0 Å². The van der Waals surface area contributed by atoms with Gasteiger partial charge in [-0.25, -0.2) is 0 Å². The second kappa shape index (κ2) is 8.33. The highest BCUT2D eigenvalue weighted by molar-refractivity contribution is 9.10. The minimum absolute atomic E-state index is 0.643. The van der Waals surface area contributed by atoms with Gasteiger partial charge in [0.05, 0.1) is 6.54 Å². The van der Waals surface area contributed by atoms with Crippen molar-refractivity contribution >= 4 is 15.9 Å². The van der Waals surface area contributed by atoms with Gasteiger partial charge in [0.1, 0.15) is 0 Å². The first-order chi connectivity index (χ1) is 13.2. The van der Waals surface area contributed by atoms with E-state index in [1.165, 1.54) is 11.1 Å². The number of halogens is 1. The Hall–Kier alpha value is -2.02. The van der Waals surface area contributed by atoms with Crippen LogP contribution in [0.3, 0.4) is 0 Å². The van der Waals surface area contributed by atoms with E-state index in [1.54, 1.807) is 0 Å². The highest BCUT2D eigenvalue weighted by atomic mass is 79.9. The molecule has 0 radical (unpaired) electrons. The van der Waals surface area contributed by atoms with Crippen LogP contribution in [0.5, 0.6) is 0 Å². The van der Waals surface area contributed by atoms with Crippen LogP contribution >= 0.6 is 15.9 Å². The van der Waals surface area contributed by atoms with Crippen LogP contribution in [-0.2, 0) is 13.1 Å². The third kappa shape index (κ3) is 4.83. The Balaban J connectivity index is 1.31. The van der Waals surface area contributed by atoms with Gasteiger partial charge in [-0.1, -0.05) is 63.0 Å². The average molecular weight is 427 g/mol. The van der Waals surface area contributed by atoms with Gasteiger partial charge in [-0.3, -0.25) is 9.80 Å². The first kappa shape index (κ1) is 18.3. The van der Waals surface area contributed by atoms with Gasteiger partial charge in [0.15, 0.2) is 0 Å². The fourth-order valence-electron chi connectivity index (χ4n) is 3.43. The molecule has 2 heterocycles. The Bertz CT molecular complexity index is 902. The summed E-state index contributed by atoms with van der Waals surface area (Å²) < 4.78 is 6.48. The SMILES string of the molecule is Cc1cccc(CN2CCN(Cc3nc(-c4cccc(Br)c4)no3)CC2)c1. The summed E-state index contributed by atoms with van der Waals surface area (Å²) >= 11 is 3.48. The molecule has 1 fully saturated rings. The zero-order valence-electron chi connectivity index (χ0n) is 15.4. The van der Waals surface area contributed by atoms with E-state index in [1.807, 2.05) is 24.3 Å². The number of hydrogen-bond acceptors (Lipinski definition) is 5. The summed E-state index contributed by atoms with van der Waals surface area (Å²) in [5, 5.41) is 4.13. The highest BCUT2D eigenvalue weighted by Crippen LogP contribution is 2.21. The molecular weight excluding hydrogens is 404 g/mol. The molecule has 1 aromatic heterocycles. The van der Waals surface area contributed by atoms with Crippen LogP contribution in [0.4, 0.5) is 0 Å². The van der Waals surface area contributed by atoms with E-state index in [2.05, 4.69) is 67.1 Å². The van der Waals surface area contributed by atoms with Crippen LogP contribution in [0.25, 0.3) is 11.4 Å². The first-order valence-corrected chi connectivity index (χ1v) is 10.0. The molecule has 5 nitrogen and oxygen atoms in total. The minimum atomic E-state index is 0.643. The molecular formula is C21H23BrN4O. The monoisotopic (exact) mass is 426 g/mol. The summed E-state index contributed by atoms with van der Waals surface area (Å²) in [4.78, 5) is 9.44. The van der Waals surface area contributed by atoms with Crippen molar-refractivity contribution in [1.82, 2.24) is 19.9 Å². The third-order valence-corrected chi connectivity index (χ3v) is 5.36. The van der Waals surface area contributed by atoms with Gasteiger partial charge in [-0.2, -0.15) is 4.98 Å². The van der Waals surface area contributed by atoms with Crippen molar-refractivity contribution in [3.8, 4) is 11.4 Å². The Morgan fingerprint density at radius 1 is 0.963 bits per heavy atom. The lowest BCUT2D eigenvalue weighted by molar-refractivity contribution is 0.112. The zero-order chi connectivity index (χ0) is 18.6. The summed E-state index contributed by atoms with van der Waals surface area (Å²) in [6.45, 7) is 8.01. The summed E-state index contributed by atoms with van der Waals surface area (Å²) in [7, 11) is 0. The maximum Gasteiger partial charge on any atom is 0.241 e. The van der Waals surface area contributed by atoms with Crippen LogP contribution < -0.4 is 0 Å². The Kier molecular flexibility index (Phi) is 5.66. The lowest BCUT2D eigenvalue weighted by Gasteiger charge is -2.33. The fourth-order valence-corrected chi connectivity index (χ4v) is 3.83. The van der Waals surface area contributed by atoms with Crippen LogP contribution in [-0.4, -0.2) is 46.1 Å². The largest absolute Gasteiger partial charge is 0.338 e. The zero-order valence-corrected chi connectivity index (χ0v) is 17.0. The van der Waals surface area contributed by atoms with E-state index >= 15 is 0 Å². The van der Waals surface area contributed by atoms with Crippen molar-refractivity contribution in [2.24, 2.45) is 0 Å². The molecule has 0 aliphatic carbocycles. The predicted octanol–water partition coefficient (Wildman–Crippen LogP) is 4.13. The van der Waals surface area contributed by atoms with Crippen molar-refractivity contribution in [1.29, 1.82) is 0 Å². The molecule has 6 heteroatoms. The number of nitrogens with zero attached hydrogens (tertiary/aromatic N) is 4. The maximum absolute atomic E-state index is 5.47. The molecule has 1 saturated heterocycles. The molecule has 4 rings (SSSR count). The van der Waals surface area contributed by atoms with E-state index < -0.39 is 0 Å². The van der Waals surface area contributed by atoms with E-state index in [0.29, 0.717) is 18.3 Å². The molecule has 2 aromatic carbocycles. The number of piperazine rings is 1. The Labute approximate surface area is 168 Å². The number of benzene rings is 2. The lowest BCUT2D eigenvalue weighted by atomic mass is 10.1. The summed E-state index contributed by atoms with van der Waals surface area (Å²) in [5.41, 5.74) is 3.67. The molecule has 0 atom stereocenters. The highest BCUT2D eigenvalue weighted by Gasteiger charge is 2.19. The Morgan fingerprint density at radius 2 is 1.70 bits per heavy atom. The number of rotatable bonds is 5. The quantitative estimate of drug-likeness (QED) is 0.613. The fraction of sp³-hybridized carbons (Fsp3) is 0.333. The third-order valence-electron chi connectivity index (χ3n) is 4.86. The molecule has 1 aliphatic rings. The number of aromatic nitrogens is 2. The molecule has 0 amide bonds. The second-order valence-corrected chi connectivity index (χ2v) is 7.98. The van der Waals surface area contributed by atoms with E-state index in [9.17, 15) is 0 Å². The lowest BCUT2D eigenvalue weighted by Crippen LogP contribution is -2.45. The molecule has 0 N–H and O–H groups in total. The van der Waals surface area contributed by atoms with Crippen molar-refractivity contribution in [3.63, 3.8) is 0 Å². The van der Waals surface area contributed by atoms with Crippen molar-refractivity contribution < 1.29 is 4.52 Å². The van der Waals surface area contributed by atoms with E-state index in [-0.39, 0.29) is 0 Å². The molecule has 27 heavy (non-hydrogen) atoms. The number of hydrogen-bond donors (Lipinski definition) is 0. The second-order valence-electron chi connectivity index (χ2n) is 7.06. The summed E-state index contributed by atoms with van der Waals surface area (Å²) in [6.07, 6.45) is 0. The smallest absolute Gasteiger partial charge is 0.241 e. The molecule has 0 unspecified atom stereocenters. The van der Waals surface area contributed by atoms with Crippen LogP contribution in [0.2, 0.25) is 0 Å². The maximum atomic E-state index is 5.47. The van der Waals surface area contributed by atoms with E-state index in [0.717, 1.165) is 42.8 Å². The predicted molar refractivity (Wildman–Crippen MR) is 109 cm³/mol. The topological polar surface area (TPSA) is 45.4 Å². The Morgan fingerprint density at radius 3 is 2.44 bits per heavy atom. The molecule has 3 aromatic rings. The summed E-state index contributed by atoms with van der Waals surface area (Å²) in [5.74, 6) is 1.32. The normalized spacial score (nSPS) is 15.9. The van der Waals surface area contributed by atoms with Gasteiger partial charge in [0.2, 0.25) is 11.7 Å². The molecule has 1 aliphatic heterocycles. The summed E-state index contributed by atoms with van der Waals surface area (Å²) in [6, 6.07) is 16.7. The van der Waals surface area contributed by atoms with Crippen molar-refractivity contribution in [3.05, 3.63) is 70.0 Å². The minimum Gasteiger partial charge on any atom is -0.338 e. The molecule has 0 saturated carbocycles. The van der Waals surface area contributed by atoms with Gasteiger partial charge in [0.25, 0.3) is 0 Å². The average Bonchev–Trinajstić information content (AvgIpc) is 3.12. The van der Waals surface area contributed by atoms with Crippen LogP contribution in [0.1, 0.15) is 17.0 Å². The van der Waals surface area contributed by atoms with Crippen molar-refractivity contribution in [2.45, 2.75) is 20.0 Å². The number of aryl methyl sites for hydroxylation is 1. The standard InChI is InChI=1S/C21H23BrN4O/c1-16-4-2-5-17(12-16)14-25-8-10-26(11-9-25)15-20-23-21(24-27-20)18-6-3-7-19(22)13-18/h2-7,12-13H,8-11,14-15H2,1H3. The molecule has 0 spiro atoms.